The minimum absolute atomic E-state index is 0.181. The zero-order valence-corrected chi connectivity index (χ0v) is 11.6. The van der Waals surface area contributed by atoms with E-state index in [9.17, 15) is 22.4 Å². The van der Waals surface area contributed by atoms with E-state index in [1.54, 1.807) is 6.92 Å². The van der Waals surface area contributed by atoms with Gasteiger partial charge in [0, 0.05) is 0 Å². The number of alkyl halides is 5. The van der Waals surface area contributed by atoms with Gasteiger partial charge in [-0.1, -0.05) is 11.6 Å². The number of hydrogen-bond acceptors (Lipinski definition) is 5. The summed E-state index contributed by atoms with van der Waals surface area (Å²) in [7, 11) is 0. The average Bonchev–Trinajstić information content (AvgIpc) is 2.81. The highest BCUT2D eigenvalue weighted by atomic mass is 35.5. The summed E-state index contributed by atoms with van der Waals surface area (Å²) in [6.45, 7) is 1.22. The lowest BCUT2D eigenvalue weighted by Gasteiger charge is -2.12. The maximum atomic E-state index is 12.3. The SMILES string of the molecule is Cc1nc([C@@H](CO)NC(=O)C(F)Cl)n[nH]1.O=C(O)C(F)(F)F. The fourth-order valence-electron chi connectivity index (χ4n) is 0.942. The molecule has 1 amide bonds. The van der Waals surface area contributed by atoms with Gasteiger partial charge in [0.2, 0.25) is 0 Å². The second-order valence-electron chi connectivity index (χ2n) is 3.63. The molecule has 0 aromatic carbocycles. The smallest absolute Gasteiger partial charge is 0.475 e. The van der Waals surface area contributed by atoms with Crippen LogP contribution < -0.4 is 5.32 Å². The van der Waals surface area contributed by atoms with Crippen LogP contribution in [-0.2, 0) is 9.59 Å². The number of hydrogen-bond donors (Lipinski definition) is 4. The molecule has 4 N–H and O–H groups in total. The highest BCUT2D eigenvalue weighted by Crippen LogP contribution is 2.13. The van der Waals surface area contributed by atoms with Crippen molar-refractivity contribution in [2.45, 2.75) is 24.8 Å². The molecule has 0 fully saturated rings. The van der Waals surface area contributed by atoms with Crippen LogP contribution in [0.15, 0.2) is 0 Å². The van der Waals surface area contributed by atoms with E-state index in [2.05, 4.69) is 20.5 Å². The number of nitrogens with zero attached hydrogens (tertiary/aromatic N) is 2. The lowest BCUT2D eigenvalue weighted by molar-refractivity contribution is -0.192. The van der Waals surface area contributed by atoms with Gasteiger partial charge in [0.05, 0.1) is 6.61 Å². The molecular formula is C9H11ClF4N4O4. The molecule has 0 aliphatic carbocycles. The van der Waals surface area contributed by atoms with E-state index in [0.717, 1.165) is 0 Å². The Morgan fingerprint density at radius 3 is 2.23 bits per heavy atom. The Hall–Kier alpha value is -1.95. The first-order valence-electron chi connectivity index (χ1n) is 5.37. The molecule has 0 saturated carbocycles. The number of amides is 1. The van der Waals surface area contributed by atoms with Crippen LogP contribution >= 0.6 is 11.6 Å². The quantitative estimate of drug-likeness (QED) is 0.460. The van der Waals surface area contributed by atoms with Crippen molar-refractivity contribution < 1.29 is 37.4 Å². The minimum atomic E-state index is -5.08. The molecule has 1 rings (SSSR count). The number of aromatic amines is 1. The standard InChI is InChI=1S/C7H10ClFN4O2.C2HF3O2/c1-3-10-6(13-12-3)4(2-14)11-7(15)5(8)9;3-2(4,5)1(6)7/h4-5,14H,2H2,1H3,(H,11,15)(H,10,12,13);(H,6,7)/t4-,5?;/m1./s1. The third-order valence-corrected chi connectivity index (χ3v) is 2.06. The summed E-state index contributed by atoms with van der Waals surface area (Å²) < 4.78 is 44.1. The van der Waals surface area contributed by atoms with Gasteiger partial charge in [0.25, 0.3) is 11.5 Å². The van der Waals surface area contributed by atoms with E-state index in [4.69, 9.17) is 26.6 Å². The van der Waals surface area contributed by atoms with Crippen molar-refractivity contribution in [3.05, 3.63) is 11.6 Å². The highest BCUT2D eigenvalue weighted by molar-refractivity contribution is 6.29. The molecule has 0 radical (unpaired) electrons. The summed E-state index contributed by atoms with van der Waals surface area (Å²) in [5.74, 6) is -3.08. The Morgan fingerprint density at radius 2 is 1.95 bits per heavy atom. The molecule has 126 valence electrons. The first-order chi connectivity index (χ1) is 9.98. The largest absolute Gasteiger partial charge is 0.490 e. The zero-order chi connectivity index (χ0) is 17.5. The Balaban J connectivity index is 0.000000534. The van der Waals surface area contributed by atoms with Crippen molar-refractivity contribution in [1.29, 1.82) is 0 Å². The van der Waals surface area contributed by atoms with Crippen LogP contribution in [-0.4, -0.2) is 55.7 Å². The van der Waals surface area contributed by atoms with Crippen LogP contribution in [0.25, 0.3) is 0 Å². The molecule has 13 heteroatoms. The van der Waals surface area contributed by atoms with E-state index in [0.29, 0.717) is 5.82 Å². The number of carbonyl (C=O) groups is 2. The topological polar surface area (TPSA) is 128 Å². The number of carboxylic acid groups (broad SMARTS) is 1. The number of H-pyrrole nitrogens is 1. The summed E-state index contributed by atoms with van der Waals surface area (Å²) in [6.07, 6.45) is -5.08. The minimum Gasteiger partial charge on any atom is -0.475 e. The number of carbonyl (C=O) groups excluding carboxylic acids is 1. The second-order valence-corrected chi connectivity index (χ2v) is 4.01. The van der Waals surface area contributed by atoms with E-state index in [-0.39, 0.29) is 5.82 Å². The fraction of sp³-hybridized carbons (Fsp3) is 0.556. The van der Waals surface area contributed by atoms with Crippen LogP contribution in [0.1, 0.15) is 17.7 Å². The molecule has 1 unspecified atom stereocenters. The fourth-order valence-corrected chi connectivity index (χ4v) is 1.01. The average molecular weight is 351 g/mol. The summed E-state index contributed by atoms with van der Waals surface area (Å²) in [5.41, 5.74) is -2.15. The molecular weight excluding hydrogens is 340 g/mol. The molecule has 2 atom stereocenters. The van der Waals surface area contributed by atoms with Crippen LogP contribution in [0.5, 0.6) is 0 Å². The maximum Gasteiger partial charge on any atom is 0.490 e. The van der Waals surface area contributed by atoms with E-state index >= 15 is 0 Å². The first kappa shape index (κ1) is 20.1. The molecule has 0 aliphatic rings. The Labute approximate surface area is 125 Å². The van der Waals surface area contributed by atoms with Crippen LogP contribution in [0.3, 0.4) is 0 Å². The lowest BCUT2D eigenvalue weighted by atomic mass is 10.3. The van der Waals surface area contributed by atoms with E-state index in [1.807, 2.05) is 0 Å². The van der Waals surface area contributed by atoms with Crippen molar-refractivity contribution in [1.82, 2.24) is 20.5 Å². The predicted octanol–water partition coefficient (Wildman–Crippen LogP) is 0.430. The van der Waals surface area contributed by atoms with Crippen LogP contribution in [0.4, 0.5) is 17.6 Å². The van der Waals surface area contributed by atoms with Gasteiger partial charge in [0.1, 0.15) is 11.9 Å². The summed E-state index contributed by atoms with van der Waals surface area (Å²) >= 11 is 4.91. The van der Waals surface area contributed by atoms with Gasteiger partial charge in [0.15, 0.2) is 5.82 Å². The van der Waals surface area contributed by atoms with Gasteiger partial charge in [-0.2, -0.15) is 18.3 Å². The number of aliphatic hydroxyl groups is 1. The van der Waals surface area contributed by atoms with E-state index < -0.39 is 36.3 Å². The molecule has 0 spiro atoms. The van der Waals surface area contributed by atoms with Gasteiger partial charge in [-0.05, 0) is 6.92 Å². The molecule has 0 aliphatic heterocycles. The number of aryl methyl sites for hydroxylation is 1. The summed E-state index contributed by atoms with van der Waals surface area (Å²) in [6, 6.07) is -0.862. The van der Waals surface area contributed by atoms with Crippen molar-refractivity contribution in [3.63, 3.8) is 0 Å². The molecule has 0 saturated heterocycles. The van der Waals surface area contributed by atoms with Crippen LogP contribution in [0, 0.1) is 6.92 Å². The van der Waals surface area contributed by atoms with Crippen molar-refractivity contribution in [3.8, 4) is 0 Å². The first-order valence-corrected chi connectivity index (χ1v) is 5.81. The van der Waals surface area contributed by atoms with Crippen molar-refractivity contribution in [2.75, 3.05) is 6.61 Å². The molecule has 1 heterocycles. The predicted molar refractivity (Wildman–Crippen MR) is 63.5 cm³/mol. The number of carboxylic acids is 1. The molecule has 1 aromatic rings. The summed E-state index contributed by atoms with van der Waals surface area (Å²) in [5, 5.41) is 24.5. The molecule has 22 heavy (non-hydrogen) atoms. The number of aromatic nitrogens is 3. The number of rotatable bonds is 4. The number of aliphatic carboxylic acids is 1. The van der Waals surface area contributed by atoms with Crippen LogP contribution in [0.2, 0.25) is 0 Å². The van der Waals surface area contributed by atoms with Gasteiger partial charge in [-0.15, -0.1) is 0 Å². The molecule has 1 aromatic heterocycles. The molecule has 0 bridgehead atoms. The highest BCUT2D eigenvalue weighted by Gasteiger charge is 2.38. The zero-order valence-electron chi connectivity index (χ0n) is 10.9. The van der Waals surface area contributed by atoms with E-state index in [1.165, 1.54) is 0 Å². The third-order valence-electron chi connectivity index (χ3n) is 1.87. The second kappa shape index (κ2) is 8.48. The monoisotopic (exact) mass is 350 g/mol. The summed E-state index contributed by atoms with van der Waals surface area (Å²) in [4.78, 5) is 23.7. The third kappa shape index (κ3) is 7.17. The Kier molecular flexibility index (Phi) is 7.73. The lowest BCUT2D eigenvalue weighted by Crippen LogP contribution is -2.35. The van der Waals surface area contributed by atoms with Gasteiger partial charge in [-0.25, -0.2) is 14.2 Å². The Bertz CT molecular complexity index is 508. The van der Waals surface area contributed by atoms with Gasteiger partial charge < -0.3 is 15.5 Å². The van der Waals surface area contributed by atoms with Gasteiger partial charge >= 0.3 is 12.1 Å². The van der Waals surface area contributed by atoms with Crippen molar-refractivity contribution in [2.24, 2.45) is 0 Å². The normalized spacial score (nSPS) is 13.6. The Morgan fingerprint density at radius 1 is 1.45 bits per heavy atom. The number of halogens is 5. The molecule has 8 nitrogen and oxygen atoms in total. The number of nitrogens with one attached hydrogen (secondary N) is 2. The maximum absolute atomic E-state index is 12.3. The number of aliphatic hydroxyl groups excluding tert-OH is 1. The van der Waals surface area contributed by atoms with Crippen molar-refractivity contribution >= 4 is 23.5 Å². The van der Waals surface area contributed by atoms with Gasteiger partial charge in [-0.3, -0.25) is 9.89 Å².